The van der Waals surface area contributed by atoms with Crippen LogP contribution >= 0.6 is 0 Å². The Morgan fingerprint density at radius 2 is 1.79 bits per heavy atom. The minimum atomic E-state index is -4.57. The number of pyridine rings is 1. The summed E-state index contributed by atoms with van der Waals surface area (Å²) in [6.45, 7) is 0. The lowest BCUT2D eigenvalue weighted by Crippen LogP contribution is -2.08. The lowest BCUT2D eigenvalue weighted by Gasteiger charge is -2.10. The summed E-state index contributed by atoms with van der Waals surface area (Å²) in [7, 11) is -3.40. The van der Waals surface area contributed by atoms with Crippen molar-refractivity contribution in [3.63, 3.8) is 0 Å². The zero-order valence-corrected chi connectivity index (χ0v) is 13.1. The topological polar surface area (TPSA) is 90.3 Å². The third-order valence-corrected chi connectivity index (χ3v) is 4.50. The standard InChI is InChI=1S/C14H11F3N4O2S/c1-24(22,23)10-4-2-8(3-5-10)11-6-9(14(15,16)17)7-21-12(11)19-13(18)20-21/h2-7H,1H3,(H2,18,20). The average Bonchev–Trinajstić information content (AvgIpc) is 2.84. The number of alkyl halides is 3. The molecule has 10 heteroatoms. The van der Waals surface area contributed by atoms with E-state index < -0.39 is 21.6 Å². The minimum Gasteiger partial charge on any atom is -0.366 e. The lowest BCUT2D eigenvalue weighted by atomic mass is 10.1. The van der Waals surface area contributed by atoms with Gasteiger partial charge in [0.05, 0.1) is 10.5 Å². The fourth-order valence-corrected chi connectivity index (χ4v) is 2.88. The number of anilines is 1. The van der Waals surface area contributed by atoms with Gasteiger partial charge in [-0.15, -0.1) is 5.10 Å². The number of halogens is 3. The van der Waals surface area contributed by atoms with E-state index in [2.05, 4.69) is 10.1 Å². The van der Waals surface area contributed by atoms with Crippen LogP contribution in [0.1, 0.15) is 5.56 Å². The van der Waals surface area contributed by atoms with Crippen molar-refractivity contribution in [2.24, 2.45) is 0 Å². The normalized spacial score (nSPS) is 12.7. The molecule has 1 aromatic carbocycles. The molecule has 0 aliphatic carbocycles. The van der Waals surface area contributed by atoms with Gasteiger partial charge in [-0.3, -0.25) is 0 Å². The molecule has 2 N–H and O–H groups in total. The van der Waals surface area contributed by atoms with E-state index in [0.717, 1.165) is 23.0 Å². The molecule has 2 heterocycles. The predicted octanol–water partition coefficient (Wildman–Crippen LogP) is 2.40. The second-order valence-corrected chi connectivity index (χ2v) is 7.19. The highest BCUT2D eigenvalue weighted by atomic mass is 32.2. The van der Waals surface area contributed by atoms with Crippen LogP contribution in [0.15, 0.2) is 41.4 Å². The number of hydrogen-bond acceptors (Lipinski definition) is 5. The van der Waals surface area contributed by atoms with Gasteiger partial charge in [-0.05, 0) is 23.8 Å². The fraction of sp³-hybridized carbons (Fsp3) is 0.143. The second-order valence-electron chi connectivity index (χ2n) is 5.17. The smallest absolute Gasteiger partial charge is 0.366 e. The Labute approximate surface area is 134 Å². The van der Waals surface area contributed by atoms with Gasteiger partial charge in [0.1, 0.15) is 0 Å². The molecule has 126 valence electrons. The maximum Gasteiger partial charge on any atom is 0.417 e. The Balaban J connectivity index is 2.24. The van der Waals surface area contributed by atoms with Crippen LogP contribution in [0.5, 0.6) is 0 Å². The number of benzene rings is 1. The molecule has 0 aliphatic rings. The maximum atomic E-state index is 13.1. The summed E-state index contributed by atoms with van der Waals surface area (Å²) in [6.07, 6.45) is -2.73. The molecule has 3 aromatic rings. The van der Waals surface area contributed by atoms with E-state index in [-0.39, 0.29) is 22.1 Å². The summed E-state index contributed by atoms with van der Waals surface area (Å²) in [5.74, 6) is -0.164. The number of fused-ring (bicyclic) bond motifs is 1. The molecular formula is C14H11F3N4O2S. The SMILES string of the molecule is CS(=O)(=O)c1ccc(-c2cc(C(F)(F)F)cn3nc(N)nc23)cc1. The number of nitrogens with two attached hydrogens (primary N) is 1. The molecule has 0 saturated carbocycles. The largest absolute Gasteiger partial charge is 0.417 e. The van der Waals surface area contributed by atoms with E-state index in [0.29, 0.717) is 5.56 Å². The van der Waals surface area contributed by atoms with Crippen LogP contribution in [-0.2, 0) is 16.0 Å². The Hall–Kier alpha value is -2.62. The maximum absolute atomic E-state index is 13.1. The molecule has 0 bridgehead atoms. The van der Waals surface area contributed by atoms with Crippen LogP contribution in [0.25, 0.3) is 16.8 Å². The van der Waals surface area contributed by atoms with E-state index >= 15 is 0 Å². The Morgan fingerprint density at radius 3 is 2.33 bits per heavy atom. The van der Waals surface area contributed by atoms with Gasteiger partial charge in [0, 0.05) is 18.0 Å². The number of nitrogen functional groups attached to an aromatic ring is 1. The summed E-state index contributed by atoms with van der Waals surface area (Å²) >= 11 is 0. The first-order chi connectivity index (χ1) is 11.1. The molecule has 3 rings (SSSR count). The van der Waals surface area contributed by atoms with Gasteiger partial charge in [-0.1, -0.05) is 12.1 Å². The summed E-state index contributed by atoms with van der Waals surface area (Å²) in [4.78, 5) is 3.99. The molecule has 0 spiro atoms. The first-order valence-electron chi connectivity index (χ1n) is 6.59. The molecule has 0 unspecified atom stereocenters. The zero-order valence-electron chi connectivity index (χ0n) is 12.2. The van der Waals surface area contributed by atoms with Crippen LogP contribution in [0.2, 0.25) is 0 Å². The molecule has 0 amide bonds. The van der Waals surface area contributed by atoms with E-state index in [1.807, 2.05) is 0 Å². The van der Waals surface area contributed by atoms with Crippen LogP contribution in [0.4, 0.5) is 19.1 Å². The van der Waals surface area contributed by atoms with E-state index in [4.69, 9.17) is 5.73 Å². The van der Waals surface area contributed by atoms with Crippen molar-refractivity contribution in [2.45, 2.75) is 11.1 Å². The minimum absolute atomic E-state index is 0.0650. The number of nitrogens with zero attached hydrogens (tertiary/aromatic N) is 3. The van der Waals surface area contributed by atoms with Crippen molar-refractivity contribution in [1.82, 2.24) is 14.6 Å². The molecule has 2 aromatic heterocycles. The van der Waals surface area contributed by atoms with Gasteiger partial charge in [-0.25, -0.2) is 12.9 Å². The highest BCUT2D eigenvalue weighted by Gasteiger charge is 2.32. The van der Waals surface area contributed by atoms with Crippen LogP contribution in [0, 0.1) is 0 Å². The second kappa shape index (κ2) is 5.20. The fourth-order valence-electron chi connectivity index (χ4n) is 2.25. The molecular weight excluding hydrogens is 345 g/mol. The van der Waals surface area contributed by atoms with Crippen molar-refractivity contribution in [1.29, 1.82) is 0 Å². The van der Waals surface area contributed by atoms with Gasteiger partial charge in [0.25, 0.3) is 0 Å². The Kier molecular flexibility index (Phi) is 3.52. The first-order valence-corrected chi connectivity index (χ1v) is 8.48. The highest BCUT2D eigenvalue weighted by molar-refractivity contribution is 7.90. The van der Waals surface area contributed by atoms with E-state index in [1.165, 1.54) is 24.3 Å². The van der Waals surface area contributed by atoms with Crippen molar-refractivity contribution in [3.8, 4) is 11.1 Å². The van der Waals surface area contributed by atoms with Gasteiger partial charge >= 0.3 is 6.18 Å². The Bertz CT molecular complexity index is 1020. The van der Waals surface area contributed by atoms with Crippen LogP contribution in [0.3, 0.4) is 0 Å². The van der Waals surface area contributed by atoms with Gasteiger partial charge in [-0.2, -0.15) is 18.2 Å². The quantitative estimate of drug-likeness (QED) is 0.761. The van der Waals surface area contributed by atoms with Crippen molar-refractivity contribution in [2.75, 3.05) is 12.0 Å². The zero-order chi connectivity index (χ0) is 17.7. The number of sulfone groups is 1. The summed E-state index contributed by atoms with van der Waals surface area (Å²) in [5.41, 5.74) is 5.22. The molecule has 6 nitrogen and oxygen atoms in total. The van der Waals surface area contributed by atoms with Crippen molar-refractivity contribution < 1.29 is 21.6 Å². The summed E-state index contributed by atoms with van der Waals surface area (Å²) < 4.78 is 63.1. The molecule has 24 heavy (non-hydrogen) atoms. The Morgan fingerprint density at radius 1 is 1.17 bits per heavy atom. The van der Waals surface area contributed by atoms with Crippen molar-refractivity contribution in [3.05, 3.63) is 42.1 Å². The molecule has 0 radical (unpaired) electrons. The third kappa shape index (κ3) is 2.92. The molecule has 0 saturated heterocycles. The molecule has 0 fully saturated rings. The monoisotopic (exact) mass is 356 g/mol. The number of aromatic nitrogens is 3. The van der Waals surface area contributed by atoms with Gasteiger partial charge < -0.3 is 5.73 Å². The van der Waals surface area contributed by atoms with Crippen molar-refractivity contribution >= 4 is 21.4 Å². The van der Waals surface area contributed by atoms with Crippen LogP contribution < -0.4 is 5.73 Å². The summed E-state index contributed by atoms with van der Waals surface area (Å²) in [6, 6.07) is 6.40. The lowest BCUT2D eigenvalue weighted by molar-refractivity contribution is -0.137. The van der Waals surface area contributed by atoms with Gasteiger partial charge in [0.15, 0.2) is 15.5 Å². The molecule has 0 aliphatic heterocycles. The summed E-state index contributed by atoms with van der Waals surface area (Å²) in [5, 5.41) is 3.72. The average molecular weight is 356 g/mol. The number of hydrogen-bond donors (Lipinski definition) is 1. The van der Waals surface area contributed by atoms with Crippen LogP contribution in [-0.4, -0.2) is 29.3 Å². The highest BCUT2D eigenvalue weighted by Crippen LogP contribution is 2.34. The van der Waals surface area contributed by atoms with E-state index in [1.54, 1.807) is 0 Å². The van der Waals surface area contributed by atoms with E-state index in [9.17, 15) is 21.6 Å². The molecule has 0 atom stereocenters. The number of rotatable bonds is 2. The third-order valence-electron chi connectivity index (χ3n) is 3.37. The first kappa shape index (κ1) is 16.2. The van der Waals surface area contributed by atoms with Gasteiger partial charge in [0.2, 0.25) is 5.95 Å². The predicted molar refractivity (Wildman–Crippen MR) is 80.9 cm³/mol.